The number of halogens is 2. The van der Waals surface area contributed by atoms with Crippen molar-refractivity contribution < 1.29 is 19.1 Å². The Bertz CT molecular complexity index is 814. The molecule has 0 fully saturated rings. The summed E-state index contributed by atoms with van der Waals surface area (Å²) in [6, 6.07) is 10.1. The molecule has 0 spiro atoms. The van der Waals surface area contributed by atoms with Crippen LogP contribution >= 0.6 is 27.5 Å². The summed E-state index contributed by atoms with van der Waals surface area (Å²) in [6.45, 7) is 3.82. The fraction of sp³-hybridized carbons (Fsp3) is 0.222. The summed E-state index contributed by atoms with van der Waals surface area (Å²) in [6.07, 6.45) is 0. The van der Waals surface area contributed by atoms with E-state index in [1.54, 1.807) is 36.4 Å². The first-order valence-electron chi connectivity index (χ1n) is 7.81. The minimum atomic E-state index is -0.501. The summed E-state index contributed by atoms with van der Waals surface area (Å²) in [5.74, 6) is -0.0568. The van der Waals surface area contributed by atoms with Gasteiger partial charge in [-0.2, -0.15) is 0 Å². The number of nitrogens with one attached hydrogen (secondary N) is 2. The number of aryl methyl sites for hydroxylation is 1. The van der Waals surface area contributed by atoms with E-state index in [0.29, 0.717) is 28.7 Å². The van der Waals surface area contributed by atoms with Crippen LogP contribution in [0.3, 0.4) is 0 Å². The topological polar surface area (TPSA) is 76.7 Å². The van der Waals surface area contributed by atoms with Crippen LogP contribution in [0.1, 0.15) is 22.8 Å². The van der Waals surface area contributed by atoms with Gasteiger partial charge in [-0.1, -0.05) is 27.5 Å². The van der Waals surface area contributed by atoms with Gasteiger partial charge >= 0.3 is 0 Å². The van der Waals surface area contributed by atoms with Crippen molar-refractivity contribution in [2.45, 2.75) is 13.8 Å². The van der Waals surface area contributed by atoms with Gasteiger partial charge in [0.25, 0.3) is 11.8 Å². The molecule has 2 rings (SSSR count). The van der Waals surface area contributed by atoms with Crippen molar-refractivity contribution in [2.24, 2.45) is 0 Å². The Kier molecular flexibility index (Phi) is 7.29. The molecule has 26 heavy (non-hydrogen) atoms. The maximum Gasteiger partial charge on any atom is 0.276 e. The van der Waals surface area contributed by atoms with E-state index < -0.39 is 11.8 Å². The molecule has 0 radical (unpaired) electrons. The van der Waals surface area contributed by atoms with Gasteiger partial charge in [0.1, 0.15) is 11.5 Å². The highest BCUT2D eigenvalue weighted by molar-refractivity contribution is 9.10. The minimum absolute atomic E-state index is 0.252. The highest BCUT2D eigenvalue weighted by atomic mass is 79.9. The molecule has 0 aromatic heterocycles. The Morgan fingerprint density at radius 3 is 2.58 bits per heavy atom. The molecule has 2 aromatic rings. The molecule has 0 unspecified atom stereocenters. The maximum absolute atomic E-state index is 12.3. The Labute approximate surface area is 164 Å². The standard InChI is InChI=1S/C18H18BrClN2O4/c1-3-25-16-7-4-12(19)9-14(16)18(24)22-21-17(23)10-26-13-5-6-15(20)11(2)8-13/h4-9H,3,10H2,1-2H3,(H,21,23)(H,22,24). The highest BCUT2D eigenvalue weighted by Gasteiger charge is 2.14. The SMILES string of the molecule is CCOc1ccc(Br)cc1C(=O)NNC(=O)COc1ccc(Cl)c(C)c1. The molecule has 6 nitrogen and oxygen atoms in total. The fourth-order valence-electron chi connectivity index (χ4n) is 2.05. The summed E-state index contributed by atoms with van der Waals surface area (Å²) >= 11 is 9.24. The molecule has 2 amide bonds. The molecular weight excluding hydrogens is 424 g/mol. The smallest absolute Gasteiger partial charge is 0.276 e. The van der Waals surface area contributed by atoms with Gasteiger partial charge in [-0.25, -0.2) is 0 Å². The van der Waals surface area contributed by atoms with E-state index >= 15 is 0 Å². The van der Waals surface area contributed by atoms with E-state index in [2.05, 4.69) is 26.8 Å². The van der Waals surface area contributed by atoms with E-state index in [9.17, 15) is 9.59 Å². The Morgan fingerprint density at radius 2 is 1.88 bits per heavy atom. The summed E-state index contributed by atoms with van der Waals surface area (Å²) in [4.78, 5) is 24.1. The minimum Gasteiger partial charge on any atom is -0.493 e. The lowest BCUT2D eigenvalue weighted by molar-refractivity contribution is -0.123. The average Bonchev–Trinajstić information content (AvgIpc) is 2.62. The first kappa shape index (κ1) is 20.1. The zero-order valence-corrected chi connectivity index (χ0v) is 16.6. The van der Waals surface area contributed by atoms with Crippen molar-refractivity contribution in [1.82, 2.24) is 10.9 Å². The van der Waals surface area contributed by atoms with E-state index in [1.807, 2.05) is 13.8 Å². The number of hydrogen-bond acceptors (Lipinski definition) is 4. The van der Waals surface area contributed by atoms with Crippen LogP contribution in [0.4, 0.5) is 0 Å². The van der Waals surface area contributed by atoms with Crippen molar-refractivity contribution in [3.05, 3.63) is 57.0 Å². The number of hydrogen-bond donors (Lipinski definition) is 2. The molecule has 138 valence electrons. The number of benzene rings is 2. The van der Waals surface area contributed by atoms with Crippen LogP contribution in [0, 0.1) is 6.92 Å². The number of carbonyl (C=O) groups excluding carboxylic acids is 2. The lowest BCUT2D eigenvalue weighted by Crippen LogP contribution is -2.44. The lowest BCUT2D eigenvalue weighted by Gasteiger charge is -2.12. The predicted molar refractivity (Wildman–Crippen MR) is 103 cm³/mol. The van der Waals surface area contributed by atoms with Crippen molar-refractivity contribution in [3.8, 4) is 11.5 Å². The molecule has 0 atom stereocenters. The normalized spacial score (nSPS) is 10.2. The van der Waals surface area contributed by atoms with E-state index in [4.69, 9.17) is 21.1 Å². The van der Waals surface area contributed by atoms with Gasteiger partial charge in [-0.05, 0) is 55.8 Å². The molecule has 0 aliphatic carbocycles. The predicted octanol–water partition coefficient (Wildman–Crippen LogP) is 3.65. The summed E-state index contributed by atoms with van der Waals surface area (Å²) in [5.41, 5.74) is 5.79. The van der Waals surface area contributed by atoms with E-state index in [0.717, 1.165) is 10.0 Å². The third-order valence-corrected chi connectivity index (χ3v) is 4.22. The summed E-state index contributed by atoms with van der Waals surface area (Å²) in [7, 11) is 0. The van der Waals surface area contributed by atoms with Gasteiger partial charge in [0.05, 0.1) is 12.2 Å². The number of hydrazine groups is 1. The van der Waals surface area contributed by atoms with Crippen LogP contribution in [0.2, 0.25) is 5.02 Å². The molecule has 0 aliphatic rings. The average molecular weight is 442 g/mol. The largest absolute Gasteiger partial charge is 0.493 e. The molecule has 0 aliphatic heterocycles. The first-order chi connectivity index (χ1) is 12.4. The third kappa shape index (κ3) is 5.64. The van der Waals surface area contributed by atoms with E-state index in [-0.39, 0.29) is 6.61 Å². The van der Waals surface area contributed by atoms with Crippen LogP contribution in [-0.4, -0.2) is 25.0 Å². The zero-order chi connectivity index (χ0) is 19.1. The monoisotopic (exact) mass is 440 g/mol. The maximum atomic E-state index is 12.3. The van der Waals surface area contributed by atoms with Gasteiger partial charge in [0.2, 0.25) is 0 Å². The second kappa shape index (κ2) is 9.45. The zero-order valence-electron chi connectivity index (χ0n) is 14.3. The van der Waals surface area contributed by atoms with Crippen LogP contribution in [-0.2, 0) is 4.79 Å². The van der Waals surface area contributed by atoms with Crippen molar-refractivity contribution >= 4 is 39.3 Å². The van der Waals surface area contributed by atoms with Crippen molar-refractivity contribution in [1.29, 1.82) is 0 Å². The van der Waals surface area contributed by atoms with Gasteiger partial charge in [-0.3, -0.25) is 20.4 Å². The van der Waals surface area contributed by atoms with Crippen molar-refractivity contribution in [2.75, 3.05) is 13.2 Å². The van der Waals surface area contributed by atoms with Crippen LogP contribution < -0.4 is 20.3 Å². The number of ether oxygens (including phenoxy) is 2. The van der Waals surface area contributed by atoms with E-state index in [1.165, 1.54) is 0 Å². The molecule has 2 aromatic carbocycles. The second-order valence-electron chi connectivity index (χ2n) is 5.28. The van der Waals surface area contributed by atoms with Crippen LogP contribution in [0.5, 0.6) is 11.5 Å². The first-order valence-corrected chi connectivity index (χ1v) is 8.98. The molecule has 2 N–H and O–H groups in total. The van der Waals surface area contributed by atoms with Crippen LogP contribution in [0.15, 0.2) is 40.9 Å². The molecule has 8 heteroatoms. The molecule has 0 saturated carbocycles. The molecule has 0 bridgehead atoms. The quantitative estimate of drug-likeness (QED) is 0.671. The van der Waals surface area contributed by atoms with Gasteiger partial charge < -0.3 is 9.47 Å². The number of amides is 2. The van der Waals surface area contributed by atoms with Gasteiger partial charge in [0, 0.05) is 9.50 Å². The Hall–Kier alpha value is -2.25. The van der Waals surface area contributed by atoms with Crippen molar-refractivity contribution in [3.63, 3.8) is 0 Å². The molecule has 0 heterocycles. The summed E-state index contributed by atoms with van der Waals surface area (Å²) in [5, 5.41) is 0.619. The fourth-order valence-corrected chi connectivity index (χ4v) is 2.53. The van der Waals surface area contributed by atoms with Gasteiger partial charge in [-0.15, -0.1) is 0 Å². The Morgan fingerprint density at radius 1 is 1.12 bits per heavy atom. The summed E-state index contributed by atoms with van der Waals surface area (Å²) < 4.78 is 11.5. The Balaban J connectivity index is 1.89. The van der Waals surface area contributed by atoms with Crippen LogP contribution in [0.25, 0.3) is 0 Å². The number of carbonyl (C=O) groups is 2. The number of rotatable bonds is 6. The molecular formula is C18H18BrClN2O4. The lowest BCUT2D eigenvalue weighted by atomic mass is 10.2. The van der Waals surface area contributed by atoms with Gasteiger partial charge in [0.15, 0.2) is 6.61 Å². The molecule has 0 saturated heterocycles. The third-order valence-electron chi connectivity index (χ3n) is 3.30. The highest BCUT2D eigenvalue weighted by Crippen LogP contribution is 2.23. The second-order valence-corrected chi connectivity index (χ2v) is 6.60.